The number of thiazole rings is 1. The van der Waals surface area contributed by atoms with E-state index in [0.717, 1.165) is 33.8 Å². The minimum absolute atomic E-state index is 0. The molecule has 1 aromatic carbocycles. The predicted octanol–water partition coefficient (Wildman–Crippen LogP) is 4.24. The Hall–Kier alpha value is -0.860. The highest BCUT2D eigenvalue weighted by Gasteiger charge is 2.10. The molecule has 1 heterocycles. The van der Waals surface area contributed by atoms with Crippen molar-refractivity contribution < 1.29 is 0 Å². The van der Waals surface area contributed by atoms with Crippen LogP contribution in [0.5, 0.6) is 0 Å². The van der Waals surface area contributed by atoms with Crippen LogP contribution in [0.2, 0.25) is 5.02 Å². The minimum Gasteiger partial charge on any atom is -0.351 e. The molecule has 1 aromatic heterocycles. The van der Waals surface area contributed by atoms with Gasteiger partial charge in [0.05, 0.1) is 17.2 Å². The molecule has 0 unspecified atom stereocenters. The van der Waals surface area contributed by atoms with Crippen LogP contribution in [0.3, 0.4) is 0 Å². The average Bonchev–Trinajstić information content (AvgIpc) is 2.80. The molecule has 0 aliphatic heterocycles. The third kappa shape index (κ3) is 5.61. The van der Waals surface area contributed by atoms with E-state index in [-0.39, 0.29) is 24.0 Å². The predicted molar refractivity (Wildman–Crippen MR) is 110 cm³/mol. The highest BCUT2D eigenvalue weighted by molar-refractivity contribution is 14.0. The molecule has 0 atom stereocenters. The molecule has 0 saturated carbocycles. The molecule has 0 aliphatic rings. The summed E-state index contributed by atoms with van der Waals surface area (Å²) < 4.78 is 0. The lowest BCUT2D eigenvalue weighted by Gasteiger charge is -2.22. The van der Waals surface area contributed by atoms with Crippen molar-refractivity contribution >= 4 is 52.9 Å². The van der Waals surface area contributed by atoms with Crippen molar-refractivity contribution in [2.24, 2.45) is 4.99 Å². The first-order valence-electron chi connectivity index (χ1n) is 7.09. The van der Waals surface area contributed by atoms with Crippen molar-refractivity contribution in [3.63, 3.8) is 0 Å². The molecule has 2 aromatic rings. The summed E-state index contributed by atoms with van der Waals surface area (Å²) >= 11 is 7.94. The number of aliphatic imine (C=N–C) groups is 1. The molecule has 0 aliphatic carbocycles. The van der Waals surface area contributed by atoms with Crippen molar-refractivity contribution in [2.75, 3.05) is 14.1 Å². The summed E-state index contributed by atoms with van der Waals surface area (Å²) in [6, 6.07) is 7.87. The number of hydrogen-bond acceptors (Lipinski definition) is 3. The number of nitrogens with zero attached hydrogens (tertiary/aromatic N) is 3. The topological polar surface area (TPSA) is 40.5 Å². The molecule has 0 bridgehead atoms. The lowest BCUT2D eigenvalue weighted by atomic mass is 10.2. The fourth-order valence-electron chi connectivity index (χ4n) is 2.24. The Balaban J connectivity index is 0.00000264. The molecule has 0 saturated heterocycles. The van der Waals surface area contributed by atoms with Gasteiger partial charge in [-0.2, -0.15) is 0 Å². The third-order valence-electron chi connectivity index (χ3n) is 3.35. The van der Waals surface area contributed by atoms with Gasteiger partial charge in [0.1, 0.15) is 0 Å². The van der Waals surface area contributed by atoms with E-state index in [2.05, 4.69) is 20.2 Å². The van der Waals surface area contributed by atoms with E-state index in [1.54, 1.807) is 18.4 Å². The molecule has 0 radical (unpaired) electrons. The number of rotatable bonds is 4. The SMILES string of the molecule is CN=C(NCc1sc(C)nc1C)N(C)Cc1ccccc1Cl.I. The van der Waals surface area contributed by atoms with Gasteiger partial charge in [-0.05, 0) is 25.5 Å². The summed E-state index contributed by atoms with van der Waals surface area (Å²) in [6.07, 6.45) is 0. The van der Waals surface area contributed by atoms with Gasteiger partial charge < -0.3 is 10.2 Å². The van der Waals surface area contributed by atoms with E-state index < -0.39 is 0 Å². The second-order valence-corrected chi connectivity index (χ2v) is 6.78. The van der Waals surface area contributed by atoms with Gasteiger partial charge in [-0.3, -0.25) is 4.99 Å². The highest BCUT2D eigenvalue weighted by atomic mass is 127. The zero-order chi connectivity index (χ0) is 16.1. The maximum atomic E-state index is 6.22. The van der Waals surface area contributed by atoms with Gasteiger partial charge >= 0.3 is 0 Å². The van der Waals surface area contributed by atoms with Crippen LogP contribution in [-0.2, 0) is 13.1 Å². The summed E-state index contributed by atoms with van der Waals surface area (Å²) in [5.74, 6) is 0.838. The molecular weight excluding hydrogens is 443 g/mol. The van der Waals surface area contributed by atoms with Crippen molar-refractivity contribution in [3.8, 4) is 0 Å². The third-order valence-corrected chi connectivity index (χ3v) is 4.79. The zero-order valence-electron chi connectivity index (χ0n) is 13.8. The number of nitrogens with one attached hydrogen (secondary N) is 1. The van der Waals surface area contributed by atoms with Crippen molar-refractivity contribution in [2.45, 2.75) is 26.9 Å². The van der Waals surface area contributed by atoms with E-state index in [0.29, 0.717) is 6.54 Å². The monoisotopic (exact) mass is 464 g/mol. The first-order chi connectivity index (χ1) is 10.5. The number of hydrogen-bond donors (Lipinski definition) is 1. The van der Waals surface area contributed by atoms with Gasteiger partial charge in [-0.15, -0.1) is 35.3 Å². The van der Waals surface area contributed by atoms with E-state index in [4.69, 9.17) is 11.6 Å². The highest BCUT2D eigenvalue weighted by Crippen LogP contribution is 2.18. The van der Waals surface area contributed by atoms with Crippen molar-refractivity contribution in [3.05, 3.63) is 50.4 Å². The molecule has 23 heavy (non-hydrogen) atoms. The molecule has 1 N–H and O–H groups in total. The Kier molecular flexibility index (Phi) is 8.28. The van der Waals surface area contributed by atoms with Gasteiger partial charge in [0.15, 0.2) is 5.96 Å². The number of benzene rings is 1. The van der Waals surface area contributed by atoms with Crippen LogP contribution in [0.4, 0.5) is 0 Å². The number of guanidine groups is 1. The van der Waals surface area contributed by atoms with E-state index >= 15 is 0 Å². The Morgan fingerprint density at radius 2 is 2.04 bits per heavy atom. The number of aromatic nitrogens is 1. The Morgan fingerprint density at radius 1 is 1.35 bits per heavy atom. The molecule has 0 spiro atoms. The fraction of sp³-hybridized carbons (Fsp3) is 0.375. The quantitative estimate of drug-likeness (QED) is 0.418. The molecule has 0 fully saturated rings. The second kappa shape index (κ2) is 9.44. The number of halogens is 2. The molecule has 0 amide bonds. The van der Waals surface area contributed by atoms with Crippen LogP contribution in [0.15, 0.2) is 29.3 Å². The smallest absolute Gasteiger partial charge is 0.193 e. The van der Waals surface area contributed by atoms with E-state index in [1.165, 1.54) is 4.88 Å². The first kappa shape index (κ1) is 20.2. The van der Waals surface area contributed by atoms with Gasteiger partial charge in [-0.25, -0.2) is 4.98 Å². The summed E-state index contributed by atoms with van der Waals surface area (Å²) in [4.78, 5) is 12.1. The van der Waals surface area contributed by atoms with Crippen LogP contribution in [0.25, 0.3) is 0 Å². The summed E-state index contributed by atoms with van der Waals surface area (Å²) in [5.41, 5.74) is 2.17. The van der Waals surface area contributed by atoms with Crippen molar-refractivity contribution in [1.29, 1.82) is 0 Å². The molecular formula is C16H22ClIN4S. The fourth-order valence-corrected chi connectivity index (χ4v) is 3.31. The molecule has 4 nitrogen and oxygen atoms in total. The van der Waals surface area contributed by atoms with E-state index in [1.807, 2.05) is 45.2 Å². The lowest BCUT2D eigenvalue weighted by Crippen LogP contribution is -2.38. The Labute approximate surface area is 164 Å². The van der Waals surface area contributed by atoms with Gasteiger partial charge in [0.2, 0.25) is 0 Å². The Bertz CT molecular complexity index is 672. The zero-order valence-corrected chi connectivity index (χ0v) is 17.7. The van der Waals surface area contributed by atoms with Crippen LogP contribution < -0.4 is 5.32 Å². The van der Waals surface area contributed by atoms with Crippen LogP contribution >= 0.6 is 46.9 Å². The van der Waals surface area contributed by atoms with Crippen LogP contribution in [0, 0.1) is 13.8 Å². The maximum absolute atomic E-state index is 6.22. The summed E-state index contributed by atoms with van der Waals surface area (Å²) in [7, 11) is 3.79. The first-order valence-corrected chi connectivity index (χ1v) is 8.28. The van der Waals surface area contributed by atoms with Crippen LogP contribution in [-0.4, -0.2) is 29.9 Å². The lowest BCUT2D eigenvalue weighted by molar-refractivity contribution is 0.477. The Morgan fingerprint density at radius 3 is 2.61 bits per heavy atom. The maximum Gasteiger partial charge on any atom is 0.193 e. The second-order valence-electron chi connectivity index (χ2n) is 5.09. The standard InChI is InChI=1S/C16H21ClN4S.HI/c1-11-15(22-12(2)20-11)9-19-16(18-3)21(4)10-13-7-5-6-8-14(13)17;/h5-8H,9-10H2,1-4H3,(H,18,19);1H. The van der Waals surface area contributed by atoms with E-state index in [9.17, 15) is 0 Å². The average molecular weight is 465 g/mol. The van der Waals surface area contributed by atoms with Gasteiger partial charge in [0, 0.05) is 30.5 Å². The number of aryl methyl sites for hydroxylation is 2. The van der Waals surface area contributed by atoms with Crippen LogP contribution in [0.1, 0.15) is 21.1 Å². The molecule has 2 rings (SSSR count). The largest absolute Gasteiger partial charge is 0.351 e. The molecule has 7 heteroatoms. The minimum atomic E-state index is 0. The normalized spacial score (nSPS) is 11.1. The van der Waals surface area contributed by atoms with Gasteiger partial charge in [-0.1, -0.05) is 29.8 Å². The van der Waals surface area contributed by atoms with Gasteiger partial charge in [0.25, 0.3) is 0 Å². The summed E-state index contributed by atoms with van der Waals surface area (Å²) in [6.45, 7) is 5.51. The summed E-state index contributed by atoms with van der Waals surface area (Å²) in [5, 5.41) is 5.25. The van der Waals surface area contributed by atoms with Crippen molar-refractivity contribution in [1.82, 2.24) is 15.2 Å². The molecule has 126 valence electrons.